The molecule has 0 atom stereocenters. The van der Waals surface area contributed by atoms with Crippen LogP contribution in [0.2, 0.25) is 0 Å². The smallest absolute Gasteiger partial charge is 0.318 e. The second kappa shape index (κ2) is 5.80. The highest BCUT2D eigenvalue weighted by Gasteiger charge is 2.32. The Morgan fingerprint density at radius 2 is 1.95 bits per heavy atom. The molecular formula is C13H17NO5S. The summed E-state index contributed by atoms with van der Waals surface area (Å²) >= 11 is 0. The number of carboxylic acids is 1. The minimum absolute atomic E-state index is 0.0835. The summed E-state index contributed by atoms with van der Waals surface area (Å²) in [6, 6.07) is 5.94. The molecule has 0 bridgehead atoms. The second-order valence-corrected chi connectivity index (χ2v) is 6.75. The molecule has 0 heterocycles. The molecule has 1 aliphatic carbocycles. The van der Waals surface area contributed by atoms with Gasteiger partial charge < -0.3 is 9.84 Å². The highest BCUT2D eigenvalue weighted by Crippen LogP contribution is 2.31. The molecule has 2 rings (SSSR count). The maximum Gasteiger partial charge on any atom is 0.318 e. The van der Waals surface area contributed by atoms with Crippen LogP contribution in [-0.4, -0.2) is 44.0 Å². The van der Waals surface area contributed by atoms with Gasteiger partial charge in [0.1, 0.15) is 12.3 Å². The van der Waals surface area contributed by atoms with Gasteiger partial charge in [0.15, 0.2) is 0 Å². The number of nitrogens with zero attached hydrogens (tertiary/aromatic N) is 1. The average Bonchev–Trinajstić information content (AvgIpc) is 3.21. The van der Waals surface area contributed by atoms with Gasteiger partial charge in [0.05, 0.1) is 12.0 Å². The Hall–Kier alpha value is -1.60. The number of ether oxygens (including phenoxy) is 1. The minimum atomic E-state index is -3.78. The number of hydrogen-bond acceptors (Lipinski definition) is 4. The molecular weight excluding hydrogens is 282 g/mol. The monoisotopic (exact) mass is 299 g/mol. The summed E-state index contributed by atoms with van der Waals surface area (Å²) in [7, 11) is -2.29. The van der Waals surface area contributed by atoms with Crippen molar-refractivity contribution >= 4 is 16.0 Å². The van der Waals surface area contributed by atoms with E-state index in [1.54, 1.807) is 12.1 Å². The van der Waals surface area contributed by atoms with Gasteiger partial charge in [0.2, 0.25) is 10.0 Å². The third kappa shape index (κ3) is 3.49. The fourth-order valence-corrected chi connectivity index (χ4v) is 3.35. The van der Waals surface area contributed by atoms with Crippen LogP contribution in [0, 0.1) is 5.92 Å². The summed E-state index contributed by atoms with van der Waals surface area (Å²) < 4.78 is 30.9. The van der Waals surface area contributed by atoms with E-state index in [0.717, 1.165) is 17.1 Å². The molecule has 1 aromatic carbocycles. The first-order valence-corrected chi connectivity index (χ1v) is 7.73. The zero-order valence-corrected chi connectivity index (χ0v) is 12.0. The molecule has 0 aromatic heterocycles. The van der Waals surface area contributed by atoms with Crippen molar-refractivity contribution in [2.24, 2.45) is 5.92 Å². The summed E-state index contributed by atoms with van der Waals surface area (Å²) in [5, 5.41) is 8.88. The van der Waals surface area contributed by atoms with E-state index >= 15 is 0 Å². The van der Waals surface area contributed by atoms with Gasteiger partial charge in [-0.25, -0.2) is 8.42 Å². The van der Waals surface area contributed by atoms with Gasteiger partial charge in [-0.1, -0.05) is 0 Å². The van der Waals surface area contributed by atoms with Gasteiger partial charge >= 0.3 is 5.97 Å². The van der Waals surface area contributed by atoms with Crippen molar-refractivity contribution in [1.29, 1.82) is 0 Å². The Balaban J connectivity index is 2.24. The summed E-state index contributed by atoms with van der Waals surface area (Å²) in [6.45, 7) is -0.245. The van der Waals surface area contributed by atoms with E-state index in [2.05, 4.69) is 0 Å². The maximum absolute atomic E-state index is 12.5. The van der Waals surface area contributed by atoms with E-state index in [-0.39, 0.29) is 17.4 Å². The van der Waals surface area contributed by atoms with Crippen LogP contribution < -0.4 is 4.74 Å². The SMILES string of the molecule is COc1ccc(S(=O)(=O)N(CC(=O)O)CC2CC2)cc1. The number of methoxy groups -OCH3 is 1. The first-order chi connectivity index (χ1) is 9.43. The Morgan fingerprint density at radius 1 is 1.35 bits per heavy atom. The lowest BCUT2D eigenvalue weighted by molar-refractivity contribution is -0.137. The van der Waals surface area contributed by atoms with Crippen LogP contribution >= 0.6 is 0 Å². The second-order valence-electron chi connectivity index (χ2n) is 4.81. The number of aliphatic carboxylic acids is 1. The topological polar surface area (TPSA) is 83.9 Å². The van der Waals surface area contributed by atoms with Crippen molar-refractivity contribution in [3.05, 3.63) is 24.3 Å². The molecule has 7 heteroatoms. The summed E-state index contributed by atoms with van der Waals surface area (Å²) in [5.41, 5.74) is 0. The largest absolute Gasteiger partial charge is 0.497 e. The van der Waals surface area contributed by atoms with E-state index in [1.165, 1.54) is 19.2 Å². The summed E-state index contributed by atoms with van der Waals surface area (Å²) in [4.78, 5) is 10.9. The Labute approximate surface area is 118 Å². The Morgan fingerprint density at radius 3 is 2.40 bits per heavy atom. The molecule has 1 aromatic rings. The normalized spacial score (nSPS) is 15.3. The minimum Gasteiger partial charge on any atom is -0.497 e. The predicted molar refractivity (Wildman–Crippen MR) is 72.1 cm³/mol. The highest BCUT2D eigenvalue weighted by molar-refractivity contribution is 7.89. The number of carbonyl (C=O) groups is 1. The van der Waals surface area contributed by atoms with Crippen molar-refractivity contribution in [1.82, 2.24) is 4.31 Å². The third-order valence-electron chi connectivity index (χ3n) is 3.17. The van der Waals surface area contributed by atoms with Crippen molar-refractivity contribution in [2.45, 2.75) is 17.7 Å². The van der Waals surface area contributed by atoms with Crippen molar-refractivity contribution in [3.63, 3.8) is 0 Å². The van der Waals surface area contributed by atoms with Crippen molar-refractivity contribution < 1.29 is 23.1 Å². The van der Waals surface area contributed by atoms with E-state index in [0.29, 0.717) is 5.75 Å². The molecule has 110 valence electrons. The summed E-state index contributed by atoms with van der Waals surface area (Å²) in [6.07, 6.45) is 1.91. The van der Waals surface area contributed by atoms with E-state index in [9.17, 15) is 13.2 Å². The molecule has 1 N–H and O–H groups in total. The average molecular weight is 299 g/mol. The molecule has 0 radical (unpaired) electrons. The van der Waals surface area contributed by atoms with Gasteiger partial charge in [-0.3, -0.25) is 4.79 Å². The Kier molecular flexibility index (Phi) is 4.29. The maximum atomic E-state index is 12.5. The fraction of sp³-hybridized carbons (Fsp3) is 0.462. The summed E-state index contributed by atoms with van der Waals surface area (Å²) in [5.74, 6) is -0.318. The quantitative estimate of drug-likeness (QED) is 0.817. The zero-order valence-electron chi connectivity index (χ0n) is 11.2. The number of sulfonamides is 1. The molecule has 1 saturated carbocycles. The molecule has 1 aliphatic rings. The van der Waals surface area contributed by atoms with Gasteiger partial charge in [-0.05, 0) is 43.0 Å². The lowest BCUT2D eigenvalue weighted by Crippen LogP contribution is -2.37. The standard InChI is InChI=1S/C13H17NO5S/c1-19-11-4-6-12(7-5-11)20(17,18)14(9-13(15)16)8-10-2-3-10/h4-7,10H,2-3,8-9H2,1H3,(H,15,16). The van der Waals surface area contributed by atoms with E-state index < -0.39 is 22.5 Å². The number of benzene rings is 1. The fourth-order valence-electron chi connectivity index (χ4n) is 1.88. The third-order valence-corrected chi connectivity index (χ3v) is 4.99. The lowest BCUT2D eigenvalue weighted by Gasteiger charge is -2.20. The van der Waals surface area contributed by atoms with E-state index in [1.807, 2.05) is 0 Å². The first kappa shape index (κ1) is 14.8. The van der Waals surface area contributed by atoms with Crippen molar-refractivity contribution in [2.75, 3.05) is 20.2 Å². The highest BCUT2D eigenvalue weighted by atomic mass is 32.2. The van der Waals surface area contributed by atoms with Crippen LogP contribution in [0.4, 0.5) is 0 Å². The van der Waals surface area contributed by atoms with Crippen LogP contribution in [0.25, 0.3) is 0 Å². The number of hydrogen-bond donors (Lipinski definition) is 1. The van der Waals surface area contributed by atoms with Crippen LogP contribution in [-0.2, 0) is 14.8 Å². The van der Waals surface area contributed by atoms with Crippen molar-refractivity contribution in [3.8, 4) is 5.75 Å². The molecule has 0 aliphatic heterocycles. The molecule has 1 fully saturated rings. The number of rotatable bonds is 7. The predicted octanol–water partition coefficient (Wildman–Crippen LogP) is 1.18. The van der Waals surface area contributed by atoms with Crippen LogP contribution in [0.1, 0.15) is 12.8 Å². The van der Waals surface area contributed by atoms with Gasteiger partial charge in [-0.2, -0.15) is 4.31 Å². The molecule has 0 saturated heterocycles. The molecule has 0 spiro atoms. The van der Waals surface area contributed by atoms with Crippen LogP contribution in [0.3, 0.4) is 0 Å². The van der Waals surface area contributed by atoms with E-state index in [4.69, 9.17) is 9.84 Å². The molecule has 6 nitrogen and oxygen atoms in total. The number of carboxylic acid groups (broad SMARTS) is 1. The van der Waals surface area contributed by atoms with Gasteiger partial charge in [-0.15, -0.1) is 0 Å². The van der Waals surface area contributed by atoms with Gasteiger partial charge in [0, 0.05) is 6.54 Å². The first-order valence-electron chi connectivity index (χ1n) is 6.29. The van der Waals surface area contributed by atoms with Crippen LogP contribution in [0.5, 0.6) is 5.75 Å². The molecule has 0 amide bonds. The zero-order chi connectivity index (χ0) is 14.8. The lowest BCUT2D eigenvalue weighted by atomic mass is 10.3. The van der Waals surface area contributed by atoms with Crippen LogP contribution in [0.15, 0.2) is 29.2 Å². The van der Waals surface area contributed by atoms with Gasteiger partial charge in [0.25, 0.3) is 0 Å². The molecule has 0 unspecified atom stereocenters. The molecule has 20 heavy (non-hydrogen) atoms. The Bertz CT molecular complexity index is 577.